The molecule has 0 amide bonds. The van der Waals surface area contributed by atoms with E-state index in [-0.39, 0.29) is 0 Å². The molecule has 0 spiro atoms. The van der Waals surface area contributed by atoms with E-state index in [1.54, 1.807) is 6.33 Å². The summed E-state index contributed by atoms with van der Waals surface area (Å²) in [4.78, 5) is 4.19. The molecule has 102 valence electrons. The van der Waals surface area contributed by atoms with E-state index < -0.39 is 6.10 Å². The van der Waals surface area contributed by atoms with Crippen LogP contribution in [-0.4, -0.2) is 26.0 Å². The number of aryl methyl sites for hydroxylation is 3. The lowest BCUT2D eigenvalue weighted by Gasteiger charge is -2.12. The Kier molecular flexibility index (Phi) is 4.32. The summed E-state index contributed by atoms with van der Waals surface area (Å²) in [7, 11) is 0. The smallest absolute Gasteiger partial charge is 0.138 e. The lowest BCUT2D eigenvalue weighted by Crippen LogP contribution is -2.17. The summed E-state index contributed by atoms with van der Waals surface area (Å²) < 4.78 is 1.82. The highest BCUT2D eigenvalue weighted by Crippen LogP contribution is 2.13. The maximum Gasteiger partial charge on any atom is 0.138 e. The van der Waals surface area contributed by atoms with Crippen LogP contribution >= 0.6 is 0 Å². The Hall–Kier alpha value is -1.68. The topological polar surface area (TPSA) is 50.9 Å². The van der Waals surface area contributed by atoms with Crippen LogP contribution in [-0.2, 0) is 19.4 Å². The zero-order valence-electron chi connectivity index (χ0n) is 11.8. The van der Waals surface area contributed by atoms with Crippen LogP contribution in [0.1, 0.15) is 29.4 Å². The summed E-state index contributed by atoms with van der Waals surface area (Å²) >= 11 is 0. The van der Waals surface area contributed by atoms with E-state index in [0.717, 1.165) is 17.9 Å². The fourth-order valence-corrected chi connectivity index (χ4v) is 2.20. The quantitative estimate of drug-likeness (QED) is 0.894. The van der Waals surface area contributed by atoms with Crippen molar-refractivity contribution in [3.05, 3.63) is 47.0 Å². The molecule has 2 rings (SSSR count). The highest BCUT2D eigenvalue weighted by Gasteiger charge is 2.11. The third-order valence-corrected chi connectivity index (χ3v) is 3.46. The van der Waals surface area contributed by atoms with Crippen LogP contribution in [0.3, 0.4) is 0 Å². The van der Waals surface area contributed by atoms with E-state index in [1.165, 1.54) is 11.1 Å². The molecule has 1 heterocycles. The maximum absolute atomic E-state index is 10.2. The number of hydrogen-bond donors (Lipinski definition) is 1. The van der Waals surface area contributed by atoms with Gasteiger partial charge in [0.05, 0.1) is 6.10 Å². The molecule has 0 aliphatic carbocycles. The summed E-state index contributed by atoms with van der Waals surface area (Å²) in [6.45, 7) is 7.00. The number of hydrogen-bond acceptors (Lipinski definition) is 3. The van der Waals surface area contributed by atoms with Crippen molar-refractivity contribution in [1.82, 2.24) is 14.8 Å². The van der Waals surface area contributed by atoms with Gasteiger partial charge in [-0.25, -0.2) is 4.98 Å². The van der Waals surface area contributed by atoms with Crippen LogP contribution in [0.2, 0.25) is 0 Å². The second-order valence-corrected chi connectivity index (χ2v) is 4.97. The lowest BCUT2D eigenvalue weighted by molar-refractivity contribution is 0.171. The Morgan fingerprint density at radius 1 is 1.21 bits per heavy atom. The molecular weight excluding hydrogens is 238 g/mol. The standard InChI is InChI=1S/C15H21N3O/c1-4-18-15(16-10-17-18)9-14(19)8-13-6-5-11(2)12(3)7-13/h5-7,10,14,19H,4,8-9H2,1-3H3. The van der Waals surface area contributed by atoms with E-state index in [0.29, 0.717) is 12.8 Å². The Morgan fingerprint density at radius 2 is 2.00 bits per heavy atom. The second-order valence-electron chi connectivity index (χ2n) is 4.97. The third kappa shape index (κ3) is 3.41. The van der Waals surface area contributed by atoms with Crippen molar-refractivity contribution in [2.75, 3.05) is 0 Å². The minimum absolute atomic E-state index is 0.420. The molecule has 19 heavy (non-hydrogen) atoms. The Morgan fingerprint density at radius 3 is 2.68 bits per heavy atom. The molecule has 4 nitrogen and oxygen atoms in total. The average molecular weight is 259 g/mol. The maximum atomic E-state index is 10.2. The van der Waals surface area contributed by atoms with Gasteiger partial charge in [-0.2, -0.15) is 5.10 Å². The summed E-state index contributed by atoms with van der Waals surface area (Å²) in [6, 6.07) is 6.32. The van der Waals surface area contributed by atoms with Gasteiger partial charge in [0.25, 0.3) is 0 Å². The SMILES string of the molecule is CCn1ncnc1CC(O)Cc1ccc(C)c(C)c1. The van der Waals surface area contributed by atoms with E-state index in [1.807, 2.05) is 11.6 Å². The predicted octanol–water partition coefficient (Wildman–Crippen LogP) is 2.06. The summed E-state index contributed by atoms with van der Waals surface area (Å²) in [5.74, 6) is 0.846. The van der Waals surface area contributed by atoms with Gasteiger partial charge in [-0.05, 0) is 43.9 Å². The Balaban J connectivity index is 2.01. The Bertz CT molecular complexity index is 548. The molecule has 0 aliphatic heterocycles. The van der Waals surface area contributed by atoms with E-state index in [2.05, 4.69) is 42.1 Å². The largest absolute Gasteiger partial charge is 0.392 e. The molecule has 1 atom stereocenters. The highest BCUT2D eigenvalue weighted by molar-refractivity contribution is 5.30. The molecule has 1 aromatic carbocycles. The van der Waals surface area contributed by atoms with Gasteiger partial charge in [0.15, 0.2) is 0 Å². The number of rotatable bonds is 5. The van der Waals surface area contributed by atoms with Crippen molar-refractivity contribution < 1.29 is 5.11 Å². The molecule has 0 saturated heterocycles. The van der Waals surface area contributed by atoms with Crippen molar-refractivity contribution >= 4 is 0 Å². The molecule has 0 saturated carbocycles. The normalized spacial score (nSPS) is 12.6. The van der Waals surface area contributed by atoms with Crippen molar-refractivity contribution in [2.45, 2.75) is 46.3 Å². The molecule has 4 heteroatoms. The van der Waals surface area contributed by atoms with Gasteiger partial charge in [-0.3, -0.25) is 4.68 Å². The van der Waals surface area contributed by atoms with Gasteiger partial charge < -0.3 is 5.11 Å². The first kappa shape index (κ1) is 13.7. The molecule has 0 fully saturated rings. The number of aliphatic hydroxyl groups is 1. The van der Waals surface area contributed by atoms with Crippen molar-refractivity contribution in [2.24, 2.45) is 0 Å². The number of aromatic nitrogens is 3. The Labute approximate surface area is 114 Å². The first-order chi connectivity index (χ1) is 9.10. The monoisotopic (exact) mass is 259 g/mol. The minimum atomic E-state index is -0.420. The second kappa shape index (κ2) is 5.97. The van der Waals surface area contributed by atoms with Crippen molar-refractivity contribution in [1.29, 1.82) is 0 Å². The first-order valence-electron chi connectivity index (χ1n) is 6.71. The molecule has 0 radical (unpaired) electrons. The van der Waals surface area contributed by atoms with E-state index in [9.17, 15) is 5.11 Å². The van der Waals surface area contributed by atoms with E-state index >= 15 is 0 Å². The zero-order valence-corrected chi connectivity index (χ0v) is 11.8. The summed E-state index contributed by atoms with van der Waals surface area (Å²) in [6.07, 6.45) is 2.32. The first-order valence-corrected chi connectivity index (χ1v) is 6.71. The van der Waals surface area contributed by atoms with Gasteiger partial charge in [0.2, 0.25) is 0 Å². The van der Waals surface area contributed by atoms with Gasteiger partial charge in [0, 0.05) is 13.0 Å². The summed E-state index contributed by atoms with van der Waals surface area (Å²) in [5.41, 5.74) is 3.71. The molecule has 1 aromatic heterocycles. The van der Waals surface area contributed by atoms with E-state index in [4.69, 9.17) is 0 Å². The molecular formula is C15H21N3O. The van der Waals surface area contributed by atoms with Crippen molar-refractivity contribution in [3.63, 3.8) is 0 Å². The molecule has 1 unspecified atom stereocenters. The highest BCUT2D eigenvalue weighted by atomic mass is 16.3. The zero-order chi connectivity index (χ0) is 13.8. The van der Waals surface area contributed by atoms with Gasteiger partial charge in [0.1, 0.15) is 12.2 Å². The molecule has 2 aromatic rings. The fourth-order valence-electron chi connectivity index (χ4n) is 2.20. The number of benzene rings is 1. The molecule has 0 aliphatic rings. The molecule has 1 N–H and O–H groups in total. The van der Waals surface area contributed by atoms with Gasteiger partial charge in [-0.1, -0.05) is 18.2 Å². The lowest BCUT2D eigenvalue weighted by atomic mass is 10.0. The van der Waals surface area contributed by atoms with Crippen LogP contribution in [0.4, 0.5) is 0 Å². The number of nitrogens with zero attached hydrogens (tertiary/aromatic N) is 3. The fraction of sp³-hybridized carbons (Fsp3) is 0.467. The third-order valence-electron chi connectivity index (χ3n) is 3.46. The minimum Gasteiger partial charge on any atom is -0.392 e. The molecule has 0 bridgehead atoms. The van der Waals surface area contributed by atoms with Crippen LogP contribution in [0.5, 0.6) is 0 Å². The van der Waals surface area contributed by atoms with Crippen LogP contribution < -0.4 is 0 Å². The average Bonchev–Trinajstić information content (AvgIpc) is 2.81. The van der Waals surface area contributed by atoms with Gasteiger partial charge in [-0.15, -0.1) is 0 Å². The predicted molar refractivity (Wildman–Crippen MR) is 75.0 cm³/mol. The number of aliphatic hydroxyl groups excluding tert-OH is 1. The van der Waals surface area contributed by atoms with Gasteiger partial charge >= 0.3 is 0 Å². The van der Waals surface area contributed by atoms with Crippen LogP contribution in [0.25, 0.3) is 0 Å². The van der Waals surface area contributed by atoms with Crippen molar-refractivity contribution in [3.8, 4) is 0 Å². The van der Waals surface area contributed by atoms with Crippen LogP contribution in [0, 0.1) is 13.8 Å². The van der Waals surface area contributed by atoms with Crippen LogP contribution in [0.15, 0.2) is 24.5 Å². The summed E-state index contributed by atoms with van der Waals surface area (Å²) in [5, 5.41) is 14.3.